The van der Waals surface area contributed by atoms with E-state index in [0.29, 0.717) is 0 Å². The van der Waals surface area contributed by atoms with Crippen LogP contribution in [0.4, 0.5) is 11.4 Å². The lowest BCUT2D eigenvalue weighted by Gasteiger charge is -2.12. The fourth-order valence-electron chi connectivity index (χ4n) is 3.14. The van der Waals surface area contributed by atoms with Gasteiger partial charge in [0, 0.05) is 16.9 Å². The van der Waals surface area contributed by atoms with E-state index in [0.717, 1.165) is 27.9 Å². The molecule has 0 saturated heterocycles. The molecule has 0 fully saturated rings. The lowest BCUT2D eigenvalue weighted by atomic mass is 10.0. The number of hydrogen-bond donors (Lipinski definition) is 2. The number of benzene rings is 4. The van der Waals surface area contributed by atoms with Crippen molar-refractivity contribution in [1.82, 2.24) is 0 Å². The summed E-state index contributed by atoms with van der Waals surface area (Å²) in [7, 11) is 0. The molecular formula is C24H20N2O. The standard InChI is InChI=1S/C24H20N2O/c27-24(17-25-21-15-14-18-8-4-5-11-20(18)16-21)26-23-13-7-6-12-22(23)19-9-2-1-3-10-19/h1-16,25H,17H2,(H,26,27). The molecule has 0 unspecified atom stereocenters. The van der Waals surface area contributed by atoms with Gasteiger partial charge in [-0.05, 0) is 34.5 Å². The number of carbonyl (C=O) groups is 1. The van der Waals surface area contributed by atoms with Crippen LogP contribution in [0.3, 0.4) is 0 Å². The Labute approximate surface area is 158 Å². The second-order valence-corrected chi connectivity index (χ2v) is 6.38. The Balaban J connectivity index is 1.45. The number of amides is 1. The van der Waals surface area contributed by atoms with E-state index in [4.69, 9.17) is 0 Å². The molecular weight excluding hydrogens is 332 g/mol. The first kappa shape index (κ1) is 16.9. The van der Waals surface area contributed by atoms with E-state index < -0.39 is 0 Å². The third-order valence-corrected chi connectivity index (χ3v) is 4.49. The molecule has 2 N–H and O–H groups in total. The molecule has 4 rings (SSSR count). The van der Waals surface area contributed by atoms with E-state index in [9.17, 15) is 4.79 Å². The lowest BCUT2D eigenvalue weighted by Crippen LogP contribution is -2.22. The highest BCUT2D eigenvalue weighted by molar-refractivity contribution is 5.98. The van der Waals surface area contributed by atoms with E-state index in [-0.39, 0.29) is 12.5 Å². The van der Waals surface area contributed by atoms with Crippen molar-refractivity contribution in [2.24, 2.45) is 0 Å². The van der Waals surface area contributed by atoms with Gasteiger partial charge in [0.1, 0.15) is 0 Å². The smallest absolute Gasteiger partial charge is 0.243 e. The van der Waals surface area contributed by atoms with Gasteiger partial charge in [-0.1, -0.05) is 78.9 Å². The number of hydrogen-bond acceptors (Lipinski definition) is 2. The maximum Gasteiger partial charge on any atom is 0.243 e. The van der Waals surface area contributed by atoms with Crippen molar-refractivity contribution < 1.29 is 4.79 Å². The fourth-order valence-corrected chi connectivity index (χ4v) is 3.14. The second-order valence-electron chi connectivity index (χ2n) is 6.38. The molecule has 0 radical (unpaired) electrons. The molecule has 27 heavy (non-hydrogen) atoms. The summed E-state index contributed by atoms with van der Waals surface area (Å²) in [5.41, 5.74) is 3.84. The molecule has 0 aromatic heterocycles. The molecule has 132 valence electrons. The zero-order valence-corrected chi connectivity index (χ0v) is 14.9. The average molecular weight is 352 g/mol. The van der Waals surface area contributed by atoms with Crippen LogP contribution in [0.5, 0.6) is 0 Å². The Bertz CT molecular complexity index is 1070. The van der Waals surface area contributed by atoms with Gasteiger partial charge in [0.25, 0.3) is 0 Å². The van der Waals surface area contributed by atoms with Crippen molar-refractivity contribution in [3.63, 3.8) is 0 Å². The van der Waals surface area contributed by atoms with Crippen molar-refractivity contribution in [2.45, 2.75) is 0 Å². The quantitative estimate of drug-likeness (QED) is 0.494. The van der Waals surface area contributed by atoms with E-state index in [2.05, 4.69) is 34.9 Å². The molecule has 0 saturated carbocycles. The SMILES string of the molecule is O=C(CNc1ccc2ccccc2c1)Nc1ccccc1-c1ccccc1. The van der Waals surface area contributed by atoms with Gasteiger partial charge in [0.05, 0.1) is 6.54 Å². The first-order valence-electron chi connectivity index (χ1n) is 8.96. The highest BCUT2D eigenvalue weighted by Gasteiger charge is 2.08. The number of fused-ring (bicyclic) bond motifs is 1. The molecule has 3 nitrogen and oxygen atoms in total. The van der Waals surface area contributed by atoms with Gasteiger partial charge in [-0.15, -0.1) is 0 Å². The minimum atomic E-state index is -0.0773. The van der Waals surface area contributed by atoms with Crippen molar-refractivity contribution in [3.05, 3.63) is 97.1 Å². The zero-order chi connectivity index (χ0) is 18.5. The minimum Gasteiger partial charge on any atom is -0.376 e. The molecule has 0 atom stereocenters. The second kappa shape index (κ2) is 7.75. The zero-order valence-electron chi connectivity index (χ0n) is 14.9. The Morgan fingerprint density at radius 2 is 1.41 bits per heavy atom. The van der Waals surface area contributed by atoms with E-state index >= 15 is 0 Å². The average Bonchev–Trinajstić information content (AvgIpc) is 2.73. The van der Waals surface area contributed by atoms with Gasteiger partial charge >= 0.3 is 0 Å². The van der Waals surface area contributed by atoms with Crippen LogP contribution < -0.4 is 10.6 Å². The third-order valence-electron chi connectivity index (χ3n) is 4.49. The maximum atomic E-state index is 12.5. The molecule has 1 amide bonds. The molecule has 0 heterocycles. The molecule has 0 aliphatic rings. The van der Waals surface area contributed by atoms with Crippen LogP contribution >= 0.6 is 0 Å². The first-order valence-corrected chi connectivity index (χ1v) is 8.96. The summed E-state index contributed by atoms with van der Waals surface area (Å²) in [4.78, 5) is 12.5. The molecule has 0 bridgehead atoms. The summed E-state index contributed by atoms with van der Waals surface area (Å²) < 4.78 is 0. The van der Waals surface area contributed by atoms with Crippen LogP contribution in [-0.4, -0.2) is 12.5 Å². The number of anilines is 2. The Morgan fingerprint density at radius 3 is 2.26 bits per heavy atom. The molecule has 0 spiro atoms. The van der Waals surface area contributed by atoms with Crippen LogP contribution in [0.2, 0.25) is 0 Å². The Hall–Kier alpha value is -3.59. The Kier molecular flexibility index (Phi) is 4.84. The van der Waals surface area contributed by atoms with E-state index in [1.165, 1.54) is 5.39 Å². The van der Waals surface area contributed by atoms with Crippen LogP contribution in [0.15, 0.2) is 97.1 Å². The van der Waals surface area contributed by atoms with Crippen molar-refractivity contribution >= 4 is 28.1 Å². The predicted octanol–water partition coefficient (Wildman–Crippen LogP) is 5.56. The van der Waals surface area contributed by atoms with E-state index in [1.807, 2.05) is 72.8 Å². The van der Waals surface area contributed by atoms with Gasteiger partial charge in [0.2, 0.25) is 5.91 Å². The Morgan fingerprint density at radius 1 is 0.704 bits per heavy atom. The van der Waals surface area contributed by atoms with Gasteiger partial charge < -0.3 is 10.6 Å². The largest absolute Gasteiger partial charge is 0.376 e. The molecule has 3 heteroatoms. The minimum absolute atomic E-state index is 0.0773. The van der Waals surface area contributed by atoms with Crippen LogP contribution in [0.1, 0.15) is 0 Å². The summed E-state index contributed by atoms with van der Waals surface area (Å²) in [6.07, 6.45) is 0. The third kappa shape index (κ3) is 3.98. The highest BCUT2D eigenvalue weighted by atomic mass is 16.1. The van der Waals surface area contributed by atoms with E-state index in [1.54, 1.807) is 0 Å². The number of rotatable bonds is 5. The van der Waals surface area contributed by atoms with Crippen LogP contribution in [-0.2, 0) is 4.79 Å². The predicted molar refractivity (Wildman–Crippen MR) is 113 cm³/mol. The highest BCUT2D eigenvalue weighted by Crippen LogP contribution is 2.27. The number of para-hydroxylation sites is 1. The lowest BCUT2D eigenvalue weighted by molar-refractivity contribution is -0.114. The molecule has 0 aliphatic carbocycles. The monoisotopic (exact) mass is 352 g/mol. The summed E-state index contributed by atoms with van der Waals surface area (Å²) in [5.74, 6) is -0.0773. The fraction of sp³-hybridized carbons (Fsp3) is 0.0417. The maximum absolute atomic E-state index is 12.5. The summed E-state index contributed by atoms with van der Waals surface area (Å²) in [5, 5.41) is 8.55. The topological polar surface area (TPSA) is 41.1 Å². The first-order chi connectivity index (χ1) is 13.3. The van der Waals surface area contributed by atoms with Gasteiger partial charge in [-0.3, -0.25) is 4.79 Å². The van der Waals surface area contributed by atoms with Gasteiger partial charge in [-0.2, -0.15) is 0 Å². The number of carbonyl (C=O) groups excluding carboxylic acids is 1. The van der Waals surface area contributed by atoms with Crippen LogP contribution in [0, 0.1) is 0 Å². The summed E-state index contributed by atoms with van der Waals surface area (Å²) >= 11 is 0. The summed E-state index contributed by atoms with van der Waals surface area (Å²) in [6.45, 7) is 0.210. The number of nitrogens with one attached hydrogen (secondary N) is 2. The molecule has 0 aliphatic heterocycles. The summed E-state index contributed by atoms with van der Waals surface area (Å²) in [6, 6.07) is 32.2. The normalized spacial score (nSPS) is 10.5. The van der Waals surface area contributed by atoms with Gasteiger partial charge in [0.15, 0.2) is 0 Å². The molecule has 4 aromatic carbocycles. The van der Waals surface area contributed by atoms with Crippen molar-refractivity contribution in [2.75, 3.05) is 17.2 Å². The van der Waals surface area contributed by atoms with Crippen LogP contribution in [0.25, 0.3) is 21.9 Å². The van der Waals surface area contributed by atoms with Crippen molar-refractivity contribution in [3.8, 4) is 11.1 Å². The van der Waals surface area contributed by atoms with Crippen molar-refractivity contribution in [1.29, 1.82) is 0 Å². The molecule has 4 aromatic rings. The van der Waals surface area contributed by atoms with Gasteiger partial charge in [-0.25, -0.2) is 0 Å².